The Balaban J connectivity index is 3.30. The number of aromatic nitrogens is 2. The van der Waals surface area contributed by atoms with Crippen LogP contribution in [-0.4, -0.2) is 9.97 Å². The van der Waals surface area contributed by atoms with Crippen molar-refractivity contribution in [3.63, 3.8) is 0 Å². The van der Waals surface area contributed by atoms with Gasteiger partial charge in [0.1, 0.15) is 6.33 Å². The second-order valence-electron chi connectivity index (χ2n) is 1.97. The molecule has 0 radical (unpaired) electrons. The van der Waals surface area contributed by atoms with Crippen LogP contribution >= 0.6 is 0 Å². The van der Waals surface area contributed by atoms with Crippen LogP contribution < -0.4 is 5.73 Å². The van der Waals surface area contributed by atoms with E-state index in [-0.39, 0.29) is 0 Å². The highest BCUT2D eigenvalue weighted by Crippen LogP contribution is 2.13. The maximum Gasteiger partial charge on any atom is 0.116 e. The second kappa shape index (κ2) is 2.96. The van der Waals surface area contributed by atoms with Gasteiger partial charge in [-0.15, -0.1) is 0 Å². The molecule has 56 valence electrons. The van der Waals surface area contributed by atoms with Crippen LogP contribution in [-0.2, 0) is 0 Å². The van der Waals surface area contributed by atoms with Crippen LogP contribution in [0.3, 0.4) is 0 Å². The molecule has 1 rings (SSSR count). The molecule has 0 aliphatic heterocycles. The van der Waals surface area contributed by atoms with Crippen LogP contribution in [0.2, 0.25) is 0 Å². The highest BCUT2D eigenvalue weighted by molar-refractivity contribution is 5.68. The lowest BCUT2D eigenvalue weighted by molar-refractivity contribution is 1.14. The Hall–Kier alpha value is -1.64. The van der Waals surface area contributed by atoms with Crippen LogP contribution in [0.5, 0.6) is 0 Å². The number of nitrogens with zero attached hydrogens (tertiary/aromatic N) is 2. The van der Waals surface area contributed by atoms with E-state index in [1.807, 2.05) is 0 Å². The standard InChI is InChI=1S/C8H9N3/c1-3-6-8(9)7(4-2)11-5-10-6/h3-5H,1-2,9H2. The van der Waals surface area contributed by atoms with Gasteiger partial charge in [-0.05, 0) is 12.2 Å². The average molecular weight is 147 g/mol. The van der Waals surface area contributed by atoms with Crippen molar-refractivity contribution < 1.29 is 0 Å². The molecule has 1 aromatic heterocycles. The summed E-state index contributed by atoms with van der Waals surface area (Å²) in [5.41, 5.74) is 7.46. The van der Waals surface area contributed by atoms with Gasteiger partial charge < -0.3 is 5.73 Å². The molecule has 1 aromatic rings. The molecule has 0 amide bonds. The summed E-state index contributed by atoms with van der Waals surface area (Å²) in [6, 6.07) is 0. The quantitative estimate of drug-likeness (QED) is 0.686. The van der Waals surface area contributed by atoms with E-state index in [2.05, 4.69) is 23.1 Å². The molecule has 3 nitrogen and oxygen atoms in total. The van der Waals surface area contributed by atoms with E-state index in [9.17, 15) is 0 Å². The molecular formula is C8H9N3. The lowest BCUT2D eigenvalue weighted by atomic mass is 10.2. The first-order valence-corrected chi connectivity index (χ1v) is 3.15. The molecule has 0 aliphatic carbocycles. The molecule has 0 atom stereocenters. The van der Waals surface area contributed by atoms with Crippen molar-refractivity contribution in [2.45, 2.75) is 0 Å². The molecule has 0 saturated heterocycles. The Morgan fingerprint density at radius 2 is 1.64 bits per heavy atom. The van der Waals surface area contributed by atoms with Crippen LogP contribution in [0, 0.1) is 0 Å². The molecule has 11 heavy (non-hydrogen) atoms. The predicted octanol–water partition coefficient (Wildman–Crippen LogP) is 1.34. The van der Waals surface area contributed by atoms with Crippen LogP contribution in [0.4, 0.5) is 5.69 Å². The van der Waals surface area contributed by atoms with E-state index in [0.717, 1.165) is 0 Å². The minimum atomic E-state index is 0.525. The average Bonchev–Trinajstić information content (AvgIpc) is 2.05. The summed E-state index contributed by atoms with van der Waals surface area (Å²) in [4.78, 5) is 7.81. The Morgan fingerprint density at radius 1 is 1.18 bits per heavy atom. The van der Waals surface area contributed by atoms with Gasteiger partial charge in [-0.25, -0.2) is 9.97 Å². The molecule has 0 aromatic carbocycles. The van der Waals surface area contributed by atoms with Gasteiger partial charge in [0, 0.05) is 0 Å². The van der Waals surface area contributed by atoms with E-state index in [4.69, 9.17) is 5.73 Å². The first kappa shape index (κ1) is 7.47. The van der Waals surface area contributed by atoms with Crippen molar-refractivity contribution in [3.05, 3.63) is 30.9 Å². The minimum Gasteiger partial charge on any atom is -0.395 e. The molecule has 2 N–H and O–H groups in total. The van der Waals surface area contributed by atoms with E-state index >= 15 is 0 Å². The number of nitrogens with two attached hydrogens (primary N) is 1. The third-order valence-corrected chi connectivity index (χ3v) is 1.33. The summed E-state index contributed by atoms with van der Waals surface area (Å²) in [6.45, 7) is 7.13. The van der Waals surface area contributed by atoms with Crippen LogP contribution in [0.25, 0.3) is 12.2 Å². The Bertz CT molecular complexity index is 265. The Kier molecular flexibility index (Phi) is 2.01. The number of hydrogen-bond donors (Lipinski definition) is 1. The lowest BCUT2D eigenvalue weighted by Crippen LogP contribution is -1.97. The van der Waals surface area contributed by atoms with Gasteiger partial charge >= 0.3 is 0 Å². The smallest absolute Gasteiger partial charge is 0.116 e. The first-order chi connectivity index (χ1) is 5.29. The van der Waals surface area contributed by atoms with Gasteiger partial charge in [-0.1, -0.05) is 13.2 Å². The fourth-order valence-corrected chi connectivity index (χ4v) is 0.749. The maximum atomic E-state index is 5.64. The van der Waals surface area contributed by atoms with Gasteiger partial charge in [-0.2, -0.15) is 0 Å². The largest absolute Gasteiger partial charge is 0.395 e. The summed E-state index contributed by atoms with van der Waals surface area (Å²) >= 11 is 0. The number of nitrogen functional groups attached to an aromatic ring is 1. The zero-order valence-corrected chi connectivity index (χ0v) is 6.12. The highest BCUT2D eigenvalue weighted by Gasteiger charge is 1.99. The monoisotopic (exact) mass is 147 g/mol. The van der Waals surface area contributed by atoms with Crippen LogP contribution in [0.15, 0.2) is 19.5 Å². The van der Waals surface area contributed by atoms with Crippen molar-refractivity contribution in [1.29, 1.82) is 0 Å². The van der Waals surface area contributed by atoms with Crippen molar-refractivity contribution >= 4 is 17.8 Å². The topological polar surface area (TPSA) is 51.8 Å². The van der Waals surface area contributed by atoms with Gasteiger partial charge in [0.05, 0.1) is 17.1 Å². The second-order valence-corrected chi connectivity index (χ2v) is 1.97. The van der Waals surface area contributed by atoms with E-state index < -0.39 is 0 Å². The van der Waals surface area contributed by atoms with Gasteiger partial charge in [0.25, 0.3) is 0 Å². The SMILES string of the molecule is C=Cc1ncnc(C=C)c1N. The Labute approximate surface area is 65.3 Å². The number of anilines is 1. The maximum absolute atomic E-state index is 5.64. The fraction of sp³-hybridized carbons (Fsp3) is 0. The molecular weight excluding hydrogens is 138 g/mol. The molecule has 3 heteroatoms. The van der Waals surface area contributed by atoms with Crippen molar-refractivity contribution in [1.82, 2.24) is 9.97 Å². The normalized spacial score (nSPS) is 9.09. The highest BCUT2D eigenvalue weighted by atomic mass is 14.9. The lowest BCUT2D eigenvalue weighted by Gasteiger charge is -2.00. The number of rotatable bonds is 2. The fourth-order valence-electron chi connectivity index (χ4n) is 0.749. The van der Waals surface area contributed by atoms with Crippen molar-refractivity contribution in [2.75, 3.05) is 5.73 Å². The van der Waals surface area contributed by atoms with E-state index in [0.29, 0.717) is 17.1 Å². The molecule has 0 spiro atoms. The minimum absolute atomic E-state index is 0.525. The van der Waals surface area contributed by atoms with Gasteiger partial charge in [0.2, 0.25) is 0 Å². The molecule has 0 saturated carbocycles. The van der Waals surface area contributed by atoms with Crippen molar-refractivity contribution in [3.8, 4) is 0 Å². The molecule has 0 fully saturated rings. The first-order valence-electron chi connectivity index (χ1n) is 3.15. The predicted molar refractivity (Wildman–Crippen MR) is 46.6 cm³/mol. The van der Waals surface area contributed by atoms with E-state index in [1.54, 1.807) is 12.2 Å². The zero-order valence-electron chi connectivity index (χ0n) is 6.12. The van der Waals surface area contributed by atoms with E-state index in [1.165, 1.54) is 6.33 Å². The number of hydrogen-bond acceptors (Lipinski definition) is 3. The molecule has 0 aliphatic rings. The summed E-state index contributed by atoms with van der Waals surface area (Å²) in [6.07, 6.45) is 4.61. The third-order valence-electron chi connectivity index (χ3n) is 1.33. The van der Waals surface area contributed by atoms with Crippen LogP contribution in [0.1, 0.15) is 11.4 Å². The zero-order chi connectivity index (χ0) is 8.27. The van der Waals surface area contributed by atoms with Gasteiger partial charge in [0.15, 0.2) is 0 Å². The summed E-state index contributed by atoms with van der Waals surface area (Å²) in [5.74, 6) is 0. The third kappa shape index (κ3) is 1.26. The van der Waals surface area contributed by atoms with Crippen molar-refractivity contribution in [2.24, 2.45) is 0 Å². The summed E-state index contributed by atoms with van der Waals surface area (Å²) in [5, 5.41) is 0. The Morgan fingerprint density at radius 3 is 2.00 bits per heavy atom. The molecule has 1 heterocycles. The molecule has 0 bridgehead atoms. The summed E-state index contributed by atoms with van der Waals surface area (Å²) < 4.78 is 0. The summed E-state index contributed by atoms with van der Waals surface area (Å²) in [7, 11) is 0. The molecule has 0 unspecified atom stereocenters. The van der Waals surface area contributed by atoms with Gasteiger partial charge in [-0.3, -0.25) is 0 Å².